The van der Waals surface area contributed by atoms with Gasteiger partial charge in [0.2, 0.25) is 0 Å². The summed E-state index contributed by atoms with van der Waals surface area (Å²) < 4.78 is 112. The van der Waals surface area contributed by atoms with Crippen LogP contribution in [0, 0.1) is 0 Å². The van der Waals surface area contributed by atoms with Gasteiger partial charge in [-0.3, -0.25) is 0 Å². The van der Waals surface area contributed by atoms with Gasteiger partial charge >= 0.3 is 0 Å². The van der Waals surface area contributed by atoms with Gasteiger partial charge in [-0.1, -0.05) is 170 Å². The topological polar surface area (TPSA) is 43.6 Å². The molecule has 0 amide bonds. The molecule has 0 saturated heterocycles. The van der Waals surface area contributed by atoms with Crippen molar-refractivity contribution in [2.75, 3.05) is 0 Å². The lowest BCUT2D eigenvalue weighted by Gasteiger charge is -2.17. The van der Waals surface area contributed by atoms with E-state index in [0.717, 1.165) is 42.4 Å². The van der Waals surface area contributed by atoms with Crippen LogP contribution in [-0.2, 0) is 0 Å². The second-order valence-corrected chi connectivity index (χ2v) is 15.7. The smallest absolute Gasteiger partial charge is 0.166 e. The number of benzene rings is 9. The van der Waals surface area contributed by atoms with Crippen molar-refractivity contribution in [3.05, 3.63) is 218 Å². The molecule has 0 radical (unpaired) electrons. The lowest BCUT2D eigenvalue weighted by Crippen LogP contribution is -2.04. The SMILES string of the molecule is [2H]c1c([2H])c([2H])c(-c2c([2H])c([2H])c3c(c2[2H])c2c([2H])c([2H])c([2H])c([2H])c2n3-c2ccc(-c3cccc4sc5ccccc5c34)cc2-c2nc(-c3ccccc3)nc(-c3cccc(-c4ccccc4)c3)n2)c([2H])c1[2H]. The number of para-hydroxylation sites is 1. The molecule has 0 bridgehead atoms. The average molecular weight is 821 g/mol. The lowest BCUT2D eigenvalue weighted by molar-refractivity contribution is 1.06. The Balaban J connectivity index is 1.23. The summed E-state index contributed by atoms with van der Waals surface area (Å²) >= 11 is 1.67. The third kappa shape index (κ3) is 6.18. The maximum atomic E-state index is 9.83. The van der Waals surface area contributed by atoms with Crippen molar-refractivity contribution in [1.82, 2.24) is 19.5 Å². The van der Waals surface area contributed by atoms with E-state index in [1.54, 1.807) is 17.4 Å². The predicted molar refractivity (Wildman–Crippen MR) is 260 cm³/mol. The van der Waals surface area contributed by atoms with E-state index in [2.05, 4.69) is 18.2 Å². The molecule has 290 valence electrons. The van der Waals surface area contributed by atoms with Crippen molar-refractivity contribution >= 4 is 53.3 Å². The third-order valence-electron chi connectivity index (χ3n) is 11.0. The normalized spacial score (nSPS) is 14.3. The van der Waals surface area contributed by atoms with Crippen LogP contribution in [-0.4, -0.2) is 19.5 Å². The molecule has 0 spiro atoms. The van der Waals surface area contributed by atoms with Crippen molar-refractivity contribution in [2.24, 2.45) is 0 Å². The van der Waals surface area contributed by atoms with Crippen molar-refractivity contribution < 1.29 is 16.4 Å². The van der Waals surface area contributed by atoms with Gasteiger partial charge in [0.1, 0.15) is 0 Å². The molecular weight excluding hydrogens is 773 g/mol. The van der Waals surface area contributed by atoms with Crippen LogP contribution in [0.4, 0.5) is 0 Å². The fourth-order valence-corrected chi connectivity index (χ4v) is 9.29. The number of hydrogen-bond donors (Lipinski definition) is 0. The van der Waals surface area contributed by atoms with E-state index >= 15 is 0 Å². The molecule has 4 nitrogen and oxygen atoms in total. The Hall–Kier alpha value is -7.99. The molecule has 5 heteroatoms. The molecule has 0 aliphatic carbocycles. The van der Waals surface area contributed by atoms with E-state index in [1.807, 2.05) is 121 Å². The standard InChI is InChI=1S/C57H36N4S/c1-4-16-37(17-5-1)40-22-14-23-43(34-40)56-58-55(39-20-8-3-9-21-39)59-57(60-56)48-36-42(44-26-15-29-53-54(44)46-25-11-13-28-52(46)62-53)31-33-51(48)61-49-27-12-10-24-45(49)47-35-41(30-32-50(47)61)38-18-6-2-7-19-38/h1-36H/i2D,6D,7D,10D,12D,18D,19D,24D,27D,30D,32D,35D. The first-order chi connectivity index (χ1) is 35.7. The highest BCUT2D eigenvalue weighted by Crippen LogP contribution is 2.43. The van der Waals surface area contributed by atoms with Gasteiger partial charge in [-0.05, 0) is 81.8 Å². The number of fused-ring (bicyclic) bond motifs is 6. The summed E-state index contributed by atoms with van der Waals surface area (Å²) in [6, 6.07) is 39.5. The molecule has 0 unspecified atom stereocenters. The van der Waals surface area contributed by atoms with Gasteiger partial charge in [0.05, 0.1) is 33.2 Å². The van der Waals surface area contributed by atoms with Crippen LogP contribution in [0.25, 0.3) is 115 Å². The first kappa shape index (κ1) is 25.6. The molecule has 0 aliphatic heterocycles. The van der Waals surface area contributed by atoms with Gasteiger partial charge in [-0.15, -0.1) is 11.3 Å². The number of thiophene rings is 1. The van der Waals surface area contributed by atoms with Crippen molar-refractivity contribution in [2.45, 2.75) is 0 Å². The Labute approximate surface area is 379 Å². The number of hydrogen-bond acceptors (Lipinski definition) is 4. The Morgan fingerprint density at radius 1 is 0.387 bits per heavy atom. The quantitative estimate of drug-likeness (QED) is 0.161. The molecule has 0 saturated carbocycles. The molecule has 0 aliphatic rings. The highest BCUT2D eigenvalue weighted by molar-refractivity contribution is 7.25. The first-order valence-corrected chi connectivity index (χ1v) is 20.7. The Bertz CT molecular complexity index is 4320. The predicted octanol–water partition coefficient (Wildman–Crippen LogP) is 15.3. The molecule has 62 heavy (non-hydrogen) atoms. The van der Waals surface area contributed by atoms with Gasteiger partial charge in [-0.2, -0.15) is 0 Å². The molecule has 3 heterocycles. The maximum Gasteiger partial charge on any atom is 0.166 e. The van der Waals surface area contributed by atoms with Gasteiger partial charge in [0.25, 0.3) is 0 Å². The van der Waals surface area contributed by atoms with Crippen LogP contribution in [0.5, 0.6) is 0 Å². The van der Waals surface area contributed by atoms with E-state index in [9.17, 15) is 6.85 Å². The van der Waals surface area contributed by atoms with Crippen LogP contribution in [0.1, 0.15) is 16.4 Å². The maximum absolute atomic E-state index is 9.83. The average Bonchev–Trinajstić information content (AvgIpc) is 4.03. The fourth-order valence-electron chi connectivity index (χ4n) is 8.16. The minimum atomic E-state index is -0.704. The van der Waals surface area contributed by atoms with Gasteiger partial charge in [0.15, 0.2) is 17.5 Å². The van der Waals surface area contributed by atoms with Crippen LogP contribution < -0.4 is 0 Å². The molecule has 0 atom stereocenters. The molecular formula is C57H36N4S. The van der Waals surface area contributed by atoms with Crippen LogP contribution in [0.15, 0.2) is 218 Å². The molecule has 12 rings (SSSR count). The fraction of sp³-hybridized carbons (Fsp3) is 0. The first-order valence-electron chi connectivity index (χ1n) is 25.9. The molecule has 12 aromatic rings. The summed E-state index contributed by atoms with van der Waals surface area (Å²) in [6.45, 7) is 0. The number of aromatic nitrogens is 4. The highest BCUT2D eigenvalue weighted by Gasteiger charge is 2.22. The van der Waals surface area contributed by atoms with Gasteiger partial charge < -0.3 is 4.57 Å². The summed E-state index contributed by atoms with van der Waals surface area (Å²) in [6.07, 6.45) is 0. The van der Waals surface area contributed by atoms with E-state index < -0.39 is 83.6 Å². The molecule has 0 fully saturated rings. The minimum Gasteiger partial charge on any atom is -0.309 e. The summed E-state index contributed by atoms with van der Waals surface area (Å²) in [4.78, 5) is 15.5. The highest BCUT2D eigenvalue weighted by atomic mass is 32.1. The van der Waals surface area contributed by atoms with E-state index in [4.69, 9.17) is 24.5 Å². The summed E-state index contributed by atoms with van der Waals surface area (Å²) in [5.41, 5.74) is 4.27. The van der Waals surface area contributed by atoms with Crippen LogP contribution in [0.2, 0.25) is 0 Å². The summed E-state index contributed by atoms with van der Waals surface area (Å²) in [5.74, 6) is 0.811. The van der Waals surface area contributed by atoms with E-state index in [1.165, 1.54) is 4.57 Å². The van der Waals surface area contributed by atoms with Crippen LogP contribution in [0.3, 0.4) is 0 Å². The largest absolute Gasteiger partial charge is 0.309 e. The van der Waals surface area contributed by atoms with Gasteiger partial charge in [0, 0.05) is 47.6 Å². The second kappa shape index (κ2) is 14.9. The van der Waals surface area contributed by atoms with E-state index in [-0.39, 0.29) is 33.3 Å². The zero-order valence-corrected chi connectivity index (χ0v) is 33.4. The lowest BCUT2D eigenvalue weighted by atomic mass is 9.96. The molecule has 0 N–H and O–H groups in total. The van der Waals surface area contributed by atoms with Crippen LogP contribution >= 0.6 is 11.3 Å². The van der Waals surface area contributed by atoms with Crippen molar-refractivity contribution in [3.8, 4) is 73.2 Å². The zero-order chi connectivity index (χ0) is 51.4. The number of rotatable bonds is 7. The molecule has 3 aromatic heterocycles. The minimum absolute atomic E-state index is 0.126. The van der Waals surface area contributed by atoms with Crippen molar-refractivity contribution in [1.29, 1.82) is 0 Å². The summed E-state index contributed by atoms with van der Waals surface area (Å²) in [7, 11) is 0. The monoisotopic (exact) mass is 820 g/mol. The third-order valence-corrected chi connectivity index (χ3v) is 12.1. The zero-order valence-electron chi connectivity index (χ0n) is 44.6. The summed E-state index contributed by atoms with van der Waals surface area (Å²) in [5, 5.41) is 1.72. The Morgan fingerprint density at radius 3 is 1.90 bits per heavy atom. The Kier molecular flexibility index (Phi) is 6.16. The Morgan fingerprint density at radius 2 is 1.05 bits per heavy atom. The van der Waals surface area contributed by atoms with E-state index in [0.29, 0.717) is 28.3 Å². The number of nitrogens with zero attached hydrogens (tertiary/aromatic N) is 4. The molecule has 9 aromatic carbocycles. The van der Waals surface area contributed by atoms with Gasteiger partial charge in [-0.25, -0.2) is 15.0 Å². The second-order valence-electron chi connectivity index (χ2n) is 14.7. The van der Waals surface area contributed by atoms with Crippen molar-refractivity contribution in [3.63, 3.8) is 0 Å².